The van der Waals surface area contributed by atoms with Crippen molar-refractivity contribution in [2.75, 3.05) is 0 Å². The molecule has 0 saturated heterocycles. The summed E-state index contributed by atoms with van der Waals surface area (Å²) in [7, 11) is 0. The molecule has 0 fully saturated rings. The van der Waals surface area contributed by atoms with Crippen LogP contribution in [0.2, 0.25) is 0 Å². The molecular formula is C9H13N5O2. The van der Waals surface area contributed by atoms with E-state index in [1.165, 1.54) is 12.7 Å². The lowest BCUT2D eigenvalue weighted by Gasteiger charge is -2.00. The van der Waals surface area contributed by atoms with Crippen molar-refractivity contribution in [1.82, 2.24) is 20.5 Å². The lowest BCUT2D eigenvalue weighted by molar-refractivity contribution is 0.189. The Balaban J connectivity index is 0.000000606. The van der Waals surface area contributed by atoms with Crippen LogP contribution in [0.5, 0.6) is 5.88 Å². The summed E-state index contributed by atoms with van der Waals surface area (Å²) in [4.78, 5) is 16.3. The van der Waals surface area contributed by atoms with Gasteiger partial charge in [0.05, 0.1) is 6.20 Å². The Bertz CT molecular complexity index is 404. The second-order valence-electron chi connectivity index (χ2n) is 2.33. The van der Waals surface area contributed by atoms with Crippen molar-refractivity contribution >= 4 is 0 Å². The molecule has 0 aromatic carbocycles. The zero-order valence-corrected chi connectivity index (χ0v) is 9.04. The Morgan fingerprint density at radius 1 is 1.38 bits per heavy atom. The minimum absolute atomic E-state index is 0.300. The molecule has 0 radical (unpaired) electrons. The smallest absolute Gasteiger partial charge is 0.243 e. The van der Waals surface area contributed by atoms with E-state index in [4.69, 9.17) is 15.1 Å². The maximum atomic E-state index is 5.04. The van der Waals surface area contributed by atoms with Gasteiger partial charge in [0, 0.05) is 6.07 Å². The number of aromatic nitrogens is 3. The van der Waals surface area contributed by atoms with Gasteiger partial charge in [0.15, 0.2) is 12.2 Å². The Morgan fingerprint density at radius 2 is 2.19 bits per heavy atom. The van der Waals surface area contributed by atoms with E-state index in [9.17, 15) is 0 Å². The second-order valence-corrected chi connectivity index (χ2v) is 2.33. The van der Waals surface area contributed by atoms with Crippen molar-refractivity contribution in [2.24, 2.45) is 5.84 Å². The molecule has 7 heteroatoms. The lowest BCUT2D eigenvalue weighted by atomic mass is 10.3. The number of nitrogens with one attached hydrogen (secondary N) is 1. The van der Waals surface area contributed by atoms with Crippen LogP contribution in [-0.4, -0.2) is 15.0 Å². The third-order valence-corrected chi connectivity index (χ3v) is 1.49. The third-order valence-electron chi connectivity index (χ3n) is 1.49. The Kier molecular flexibility index (Phi) is 4.90. The molecule has 0 unspecified atom stereocenters. The monoisotopic (exact) mass is 223 g/mol. The van der Waals surface area contributed by atoms with Crippen LogP contribution in [0.25, 0.3) is 11.5 Å². The Hall–Kier alpha value is -1.99. The normalized spacial score (nSPS) is 9.19. The number of nitrogens with zero attached hydrogens (tertiary/aromatic N) is 3. The molecule has 0 spiro atoms. The Labute approximate surface area is 92.6 Å². The van der Waals surface area contributed by atoms with Gasteiger partial charge in [-0.15, -0.1) is 0 Å². The molecule has 0 amide bonds. The van der Waals surface area contributed by atoms with E-state index in [0.717, 1.165) is 0 Å². The van der Waals surface area contributed by atoms with Crippen LogP contribution < -0.4 is 16.3 Å². The van der Waals surface area contributed by atoms with Gasteiger partial charge in [-0.1, -0.05) is 19.4 Å². The van der Waals surface area contributed by atoms with Crippen LogP contribution >= 0.6 is 0 Å². The molecule has 0 aliphatic carbocycles. The summed E-state index contributed by atoms with van der Waals surface area (Å²) in [6, 6.07) is 1.57. The SMILES string of the molecule is CC.NNOc1cc(-c2cnco2)ncn1. The van der Waals surface area contributed by atoms with Crippen LogP contribution in [0.3, 0.4) is 0 Å². The van der Waals surface area contributed by atoms with Crippen molar-refractivity contribution in [2.45, 2.75) is 13.8 Å². The van der Waals surface area contributed by atoms with Gasteiger partial charge in [-0.2, -0.15) is 4.98 Å². The molecule has 2 aromatic rings. The Morgan fingerprint density at radius 3 is 2.81 bits per heavy atom. The molecule has 7 nitrogen and oxygen atoms in total. The van der Waals surface area contributed by atoms with Crippen LogP contribution in [0.4, 0.5) is 0 Å². The number of hydrazine groups is 1. The minimum Gasteiger partial charge on any atom is -0.442 e. The van der Waals surface area contributed by atoms with Gasteiger partial charge >= 0.3 is 0 Å². The third kappa shape index (κ3) is 3.01. The first-order valence-corrected chi connectivity index (χ1v) is 4.73. The second kappa shape index (κ2) is 6.49. The van der Waals surface area contributed by atoms with Crippen molar-refractivity contribution in [3.05, 3.63) is 25.0 Å². The standard InChI is InChI=1S/C7H7N5O2.C2H6/c8-12-14-7-1-5(10-3-11-7)6-2-9-4-13-6;1-2/h1-4,12H,8H2;1-2H3. The van der Waals surface area contributed by atoms with E-state index in [0.29, 0.717) is 17.3 Å². The zero-order valence-electron chi connectivity index (χ0n) is 9.04. The number of nitrogens with two attached hydrogens (primary N) is 1. The molecule has 86 valence electrons. The van der Waals surface area contributed by atoms with Gasteiger partial charge in [0.2, 0.25) is 5.88 Å². The fraction of sp³-hybridized carbons (Fsp3) is 0.222. The van der Waals surface area contributed by atoms with Crippen LogP contribution in [0.15, 0.2) is 29.4 Å². The maximum Gasteiger partial charge on any atom is 0.243 e. The highest BCUT2D eigenvalue weighted by molar-refractivity contribution is 5.51. The van der Waals surface area contributed by atoms with E-state index >= 15 is 0 Å². The van der Waals surface area contributed by atoms with Crippen LogP contribution in [-0.2, 0) is 0 Å². The zero-order chi connectivity index (χ0) is 11.8. The summed E-state index contributed by atoms with van der Waals surface area (Å²) >= 11 is 0. The molecular weight excluding hydrogens is 210 g/mol. The average molecular weight is 223 g/mol. The van der Waals surface area contributed by atoms with Crippen molar-refractivity contribution in [3.63, 3.8) is 0 Å². The number of rotatable bonds is 3. The van der Waals surface area contributed by atoms with Gasteiger partial charge in [-0.3, -0.25) is 0 Å². The first-order chi connectivity index (χ1) is 7.90. The largest absolute Gasteiger partial charge is 0.442 e. The molecule has 0 saturated carbocycles. The van der Waals surface area contributed by atoms with Crippen molar-refractivity contribution < 1.29 is 9.25 Å². The quantitative estimate of drug-likeness (QED) is 0.589. The average Bonchev–Trinajstić information content (AvgIpc) is 2.86. The van der Waals surface area contributed by atoms with Crippen LogP contribution in [0.1, 0.15) is 13.8 Å². The highest BCUT2D eigenvalue weighted by atomic mass is 16.7. The molecule has 2 heterocycles. The number of oxazole rings is 1. The maximum absolute atomic E-state index is 5.04. The molecule has 0 atom stereocenters. The molecule has 3 N–H and O–H groups in total. The number of hydrogen-bond acceptors (Lipinski definition) is 7. The summed E-state index contributed by atoms with van der Waals surface area (Å²) in [6.45, 7) is 4.00. The lowest BCUT2D eigenvalue weighted by Crippen LogP contribution is -2.26. The summed E-state index contributed by atoms with van der Waals surface area (Å²) in [5, 5.41) is 0. The first kappa shape index (κ1) is 12.1. The predicted octanol–water partition coefficient (Wildman–Crippen LogP) is 0.915. The minimum atomic E-state index is 0.300. The van der Waals surface area contributed by atoms with E-state index in [1.54, 1.807) is 12.3 Å². The van der Waals surface area contributed by atoms with Crippen molar-refractivity contribution in [1.29, 1.82) is 0 Å². The van der Waals surface area contributed by atoms with E-state index in [1.807, 2.05) is 19.4 Å². The van der Waals surface area contributed by atoms with Gasteiger partial charge in [0.25, 0.3) is 0 Å². The summed E-state index contributed by atoms with van der Waals surface area (Å²) in [6.07, 6.45) is 4.20. The summed E-state index contributed by atoms with van der Waals surface area (Å²) in [5.74, 6) is 5.80. The van der Waals surface area contributed by atoms with Gasteiger partial charge < -0.3 is 9.25 Å². The fourth-order valence-electron chi connectivity index (χ4n) is 0.933. The first-order valence-electron chi connectivity index (χ1n) is 4.73. The van der Waals surface area contributed by atoms with Crippen LogP contribution in [0, 0.1) is 0 Å². The molecule has 16 heavy (non-hydrogen) atoms. The molecule has 0 aliphatic heterocycles. The van der Waals surface area contributed by atoms with Gasteiger partial charge in [-0.05, 0) is 0 Å². The fourth-order valence-corrected chi connectivity index (χ4v) is 0.933. The van der Waals surface area contributed by atoms with E-state index in [2.05, 4.69) is 15.0 Å². The van der Waals surface area contributed by atoms with Crippen molar-refractivity contribution in [3.8, 4) is 17.3 Å². The highest BCUT2D eigenvalue weighted by Crippen LogP contribution is 2.17. The number of hydrogen-bond donors (Lipinski definition) is 2. The van der Waals surface area contributed by atoms with E-state index in [-0.39, 0.29) is 0 Å². The summed E-state index contributed by atoms with van der Waals surface area (Å²) in [5.41, 5.74) is 2.59. The van der Waals surface area contributed by atoms with Gasteiger partial charge in [0.1, 0.15) is 12.0 Å². The molecule has 0 bridgehead atoms. The predicted molar refractivity (Wildman–Crippen MR) is 56.8 cm³/mol. The summed E-state index contributed by atoms with van der Waals surface area (Å²) < 4.78 is 5.04. The van der Waals surface area contributed by atoms with Gasteiger partial charge in [-0.25, -0.2) is 15.8 Å². The topological polar surface area (TPSA) is 99.1 Å². The van der Waals surface area contributed by atoms with E-state index < -0.39 is 0 Å². The molecule has 0 aliphatic rings. The highest BCUT2D eigenvalue weighted by Gasteiger charge is 2.05. The molecule has 2 aromatic heterocycles. The molecule has 2 rings (SSSR count).